The van der Waals surface area contributed by atoms with Crippen molar-refractivity contribution in [3.8, 4) is 0 Å². The molecule has 2 fully saturated rings. The van der Waals surface area contributed by atoms with Crippen LogP contribution in [0.15, 0.2) is 17.5 Å². The first-order valence-electron chi connectivity index (χ1n) is 7.00. The summed E-state index contributed by atoms with van der Waals surface area (Å²) >= 11 is 1.70. The van der Waals surface area contributed by atoms with Crippen LogP contribution in [0.5, 0.6) is 0 Å². The lowest BCUT2D eigenvalue weighted by atomic mass is 10.2. The van der Waals surface area contributed by atoms with E-state index in [0.717, 1.165) is 32.3 Å². The number of hydrogen-bond donors (Lipinski definition) is 1. The Morgan fingerprint density at radius 1 is 1.47 bits per heavy atom. The van der Waals surface area contributed by atoms with Crippen molar-refractivity contribution in [2.24, 2.45) is 0 Å². The first-order chi connectivity index (χ1) is 9.31. The maximum atomic E-state index is 12.3. The summed E-state index contributed by atoms with van der Waals surface area (Å²) in [6.07, 6.45) is 4.64. The van der Waals surface area contributed by atoms with Crippen LogP contribution < -0.4 is 5.32 Å². The lowest BCUT2D eigenvalue weighted by molar-refractivity contribution is 0.0796. The van der Waals surface area contributed by atoms with Gasteiger partial charge in [-0.2, -0.15) is 0 Å². The predicted octanol–water partition coefficient (Wildman–Crippen LogP) is 2.60. The van der Waals surface area contributed by atoms with Crippen LogP contribution >= 0.6 is 11.3 Å². The molecule has 2 aliphatic rings. The maximum absolute atomic E-state index is 12.3. The monoisotopic (exact) mass is 280 g/mol. The van der Waals surface area contributed by atoms with Gasteiger partial charge in [-0.25, -0.2) is 4.79 Å². The largest absolute Gasteiger partial charge is 0.376 e. The second-order valence-corrected chi connectivity index (χ2v) is 6.35. The highest BCUT2D eigenvalue weighted by molar-refractivity contribution is 7.09. The second-order valence-electron chi connectivity index (χ2n) is 5.32. The van der Waals surface area contributed by atoms with Crippen molar-refractivity contribution in [3.05, 3.63) is 22.4 Å². The fourth-order valence-electron chi connectivity index (χ4n) is 2.34. The first kappa shape index (κ1) is 12.9. The van der Waals surface area contributed by atoms with Crippen LogP contribution in [0.3, 0.4) is 0 Å². The summed E-state index contributed by atoms with van der Waals surface area (Å²) in [4.78, 5) is 15.4. The van der Waals surface area contributed by atoms with Gasteiger partial charge in [0.2, 0.25) is 0 Å². The van der Waals surface area contributed by atoms with Crippen molar-refractivity contribution in [2.75, 3.05) is 13.2 Å². The number of hydrogen-bond acceptors (Lipinski definition) is 3. The van der Waals surface area contributed by atoms with Crippen molar-refractivity contribution in [1.82, 2.24) is 10.2 Å². The van der Waals surface area contributed by atoms with Crippen LogP contribution in [0.25, 0.3) is 0 Å². The lowest BCUT2D eigenvalue weighted by Crippen LogP contribution is -2.43. The SMILES string of the molecule is O=C(NC1CC1)N(Cc1cccs1)CC1CCCO1. The molecule has 1 N–H and O–H groups in total. The first-order valence-corrected chi connectivity index (χ1v) is 7.88. The van der Waals surface area contributed by atoms with Crippen LogP contribution in [0.4, 0.5) is 4.79 Å². The molecule has 0 bridgehead atoms. The van der Waals surface area contributed by atoms with Gasteiger partial charge < -0.3 is 15.0 Å². The number of carbonyl (C=O) groups excluding carboxylic acids is 1. The Morgan fingerprint density at radius 3 is 3.00 bits per heavy atom. The van der Waals surface area contributed by atoms with Crippen LogP contribution in [-0.2, 0) is 11.3 Å². The summed E-state index contributed by atoms with van der Waals surface area (Å²) in [6, 6.07) is 4.58. The Kier molecular flexibility index (Phi) is 4.03. The van der Waals surface area contributed by atoms with E-state index in [1.807, 2.05) is 11.0 Å². The van der Waals surface area contributed by atoms with Crippen molar-refractivity contribution >= 4 is 17.4 Å². The van der Waals surface area contributed by atoms with Crippen molar-refractivity contribution in [3.63, 3.8) is 0 Å². The van der Waals surface area contributed by atoms with E-state index in [4.69, 9.17) is 4.74 Å². The van der Waals surface area contributed by atoms with Crippen molar-refractivity contribution in [2.45, 2.75) is 44.4 Å². The smallest absolute Gasteiger partial charge is 0.318 e. The average Bonchev–Trinajstić information content (AvgIpc) is 2.90. The summed E-state index contributed by atoms with van der Waals surface area (Å²) < 4.78 is 5.66. The summed E-state index contributed by atoms with van der Waals surface area (Å²) in [5.74, 6) is 0. The molecule has 1 atom stereocenters. The van der Waals surface area contributed by atoms with E-state index in [9.17, 15) is 4.79 Å². The van der Waals surface area contributed by atoms with Crippen LogP contribution in [0.2, 0.25) is 0 Å². The molecule has 1 saturated carbocycles. The molecule has 3 rings (SSSR count). The zero-order valence-electron chi connectivity index (χ0n) is 11.0. The number of rotatable bonds is 5. The normalized spacial score (nSPS) is 22.4. The van der Waals surface area contributed by atoms with E-state index in [1.165, 1.54) is 4.88 Å². The Hall–Kier alpha value is -1.07. The number of amides is 2. The summed E-state index contributed by atoms with van der Waals surface area (Å²) in [6.45, 7) is 2.23. The molecule has 1 aromatic rings. The standard InChI is InChI=1S/C14H20N2O2S/c17-14(15-11-5-6-11)16(9-12-3-1-7-18-12)10-13-4-2-8-19-13/h2,4,8,11-12H,1,3,5-7,9-10H2,(H,15,17). The molecule has 2 heterocycles. The number of carbonyl (C=O) groups is 1. The number of nitrogens with zero attached hydrogens (tertiary/aromatic N) is 1. The van der Waals surface area contributed by atoms with Gasteiger partial charge in [-0.05, 0) is 37.1 Å². The minimum Gasteiger partial charge on any atom is -0.376 e. The highest BCUT2D eigenvalue weighted by atomic mass is 32.1. The quantitative estimate of drug-likeness (QED) is 0.900. The van der Waals surface area contributed by atoms with E-state index >= 15 is 0 Å². The third-order valence-electron chi connectivity index (χ3n) is 3.57. The van der Waals surface area contributed by atoms with Gasteiger partial charge in [0, 0.05) is 24.1 Å². The molecule has 0 spiro atoms. The molecular formula is C14H20N2O2S. The molecule has 0 aromatic carbocycles. The van der Waals surface area contributed by atoms with E-state index in [1.54, 1.807) is 11.3 Å². The average molecular weight is 280 g/mol. The molecule has 19 heavy (non-hydrogen) atoms. The van der Waals surface area contributed by atoms with Gasteiger partial charge >= 0.3 is 6.03 Å². The number of ether oxygens (including phenoxy) is 1. The summed E-state index contributed by atoms with van der Waals surface area (Å²) in [7, 11) is 0. The Morgan fingerprint density at radius 2 is 2.37 bits per heavy atom. The van der Waals surface area contributed by atoms with Gasteiger partial charge in [0.25, 0.3) is 0 Å². The highest BCUT2D eigenvalue weighted by Gasteiger charge is 2.28. The molecule has 1 aliphatic heterocycles. The molecule has 2 amide bonds. The Bertz CT molecular complexity index is 411. The molecule has 1 aliphatic carbocycles. The molecule has 1 unspecified atom stereocenters. The van der Waals surface area contributed by atoms with E-state index < -0.39 is 0 Å². The van der Waals surface area contributed by atoms with Crippen LogP contribution in [0, 0.1) is 0 Å². The zero-order chi connectivity index (χ0) is 13.1. The summed E-state index contributed by atoms with van der Waals surface area (Å²) in [5, 5.41) is 5.13. The Labute approximate surface area is 117 Å². The minimum absolute atomic E-state index is 0.0615. The maximum Gasteiger partial charge on any atom is 0.318 e. The molecule has 4 nitrogen and oxygen atoms in total. The van der Waals surface area contributed by atoms with Crippen molar-refractivity contribution in [1.29, 1.82) is 0 Å². The number of nitrogens with one attached hydrogen (secondary N) is 1. The van der Waals surface area contributed by atoms with Gasteiger partial charge in [-0.15, -0.1) is 11.3 Å². The lowest BCUT2D eigenvalue weighted by Gasteiger charge is -2.25. The van der Waals surface area contributed by atoms with E-state index in [0.29, 0.717) is 19.1 Å². The third kappa shape index (κ3) is 3.70. The molecule has 0 radical (unpaired) electrons. The van der Waals surface area contributed by atoms with Gasteiger partial charge in [0.1, 0.15) is 0 Å². The fraction of sp³-hybridized carbons (Fsp3) is 0.643. The third-order valence-corrected chi connectivity index (χ3v) is 4.43. The minimum atomic E-state index is 0.0615. The van der Waals surface area contributed by atoms with E-state index in [-0.39, 0.29) is 12.1 Å². The van der Waals surface area contributed by atoms with Gasteiger partial charge in [0.05, 0.1) is 12.6 Å². The molecule has 1 saturated heterocycles. The fourth-order valence-corrected chi connectivity index (χ4v) is 3.06. The van der Waals surface area contributed by atoms with Gasteiger partial charge in [-0.1, -0.05) is 6.07 Å². The molecular weight excluding hydrogens is 260 g/mol. The van der Waals surface area contributed by atoms with Crippen LogP contribution in [-0.4, -0.2) is 36.2 Å². The molecule has 1 aromatic heterocycles. The highest BCUT2D eigenvalue weighted by Crippen LogP contribution is 2.21. The van der Waals surface area contributed by atoms with Crippen LogP contribution in [0.1, 0.15) is 30.6 Å². The number of urea groups is 1. The zero-order valence-corrected chi connectivity index (χ0v) is 11.8. The van der Waals surface area contributed by atoms with Gasteiger partial charge in [-0.3, -0.25) is 0 Å². The van der Waals surface area contributed by atoms with E-state index in [2.05, 4.69) is 16.8 Å². The Balaban J connectivity index is 1.60. The summed E-state index contributed by atoms with van der Waals surface area (Å²) in [5.41, 5.74) is 0. The molecule has 104 valence electrons. The topological polar surface area (TPSA) is 41.6 Å². The van der Waals surface area contributed by atoms with Gasteiger partial charge in [0.15, 0.2) is 0 Å². The second kappa shape index (κ2) is 5.92. The molecule has 5 heteroatoms. The number of thiophene rings is 1. The van der Waals surface area contributed by atoms with Crippen molar-refractivity contribution < 1.29 is 9.53 Å². The predicted molar refractivity (Wildman–Crippen MR) is 75.3 cm³/mol.